The Morgan fingerprint density at radius 3 is 2.90 bits per heavy atom. The minimum atomic E-state index is -0.668. The van der Waals surface area contributed by atoms with Gasteiger partial charge in [-0.15, -0.1) is 0 Å². The molecule has 4 rings (SSSR count). The Kier molecular flexibility index (Phi) is 6.11. The van der Waals surface area contributed by atoms with Gasteiger partial charge in [0.2, 0.25) is 5.91 Å². The zero-order chi connectivity index (χ0) is 20.9. The van der Waals surface area contributed by atoms with E-state index in [2.05, 4.69) is 28.5 Å². The molecule has 1 aliphatic rings. The number of carbonyl (C=O) groups is 1. The molecular weight excluding hydrogens is 382 g/mol. The minimum absolute atomic E-state index is 0.00877. The molecule has 30 heavy (non-hydrogen) atoms. The third kappa shape index (κ3) is 4.69. The standard InChI is InChI=1S/C23H25N3O4/c1-29-22-12-24-7-6-21(22)17-3-2-16-4-5-20(11-18(16)10-17)30-15-19(27)13-26-9-8-25-23(28)14-26/h2-7,10-12,19,27H,8-9,13-15H2,1H3,(H,25,28). The first-order valence-corrected chi connectivity index (χ1v) is 9.94. The number of aliphatic hydroxyl groups is 1. The van der Waals surface area contributed by atoms with E-state index in [-0.39, 0.29) is 12.5 Å². The molecule has 1 atom stereocenters. The van der Waals surface area contributed by atoms with Crippen molar-refractivity contribution in [3.8, 4) is 22.6 Å². The predicted octanol–water partition coefficient (Wildman–Crippen LogP) is 2.08. The van der Waals surface area contributed by atoms with Gasteiger partial charge in [-0.3, -0.25) is 14.7 Å². The minimum Gasteiger partial charge on any atom is -0.494 e. The van der Waals surface area contributed by atoms with Gasteiger partial charge in [-0.25, -0.2) is 0 Å². The maximum absolute atomic E-state index is 11.5. The van der Waals surface area contributed by atoms with Crippen molar-refractivity contribution in [3.63, 3.8) is 0 Å². The average molecular weight is 407 g/mol. The highest BCUT2D eigenvalue weighted by molar-refractivity contribution is 5.89. The summed E-state index contributed by atoms with van der Waals surface area (Å²) in [7, 11) is 1.63. The van der Waals surface area contributed by atoms with Gasteiger partial charge in [0, 0.05) is 31.4 Å². The Hall–Kier alpha value is -3.16. The zero-order valence-corrected chi connectivity index (χ0v) is 16.9. The molecule has 156 valence electrons. The summed E-state index contributed by atoms with van der Waals surface area (Å²) in [6, 6.07) is 14.0. The molecule has 0 aliphatic carbocycles. The number of aliphatic hydroxyl groups excluding tert-OH is 1. The number of rotatable bonds is 7. The number of pyridine rings is 1. The van der Waals surface area contributed by atoms with Crippen LogP contribution in [0.5, 0.6) is 11.5 Å². The van der Waals surface area contributed by atoms with Gasteiger partial charge in [0.1, 0.15) is 24.2 Å². The number of β-amino-alcohol motifs (C(OH)–C–C–N with tert-alkyl or cyclic N) is 1. The Morgan fingerprint density at radius 2 is 2.07 bits per heavy atom. The number of ether oxygens (including phenoxy) is 2. The van der Waals surface area contributed by atoms with Gasteiger partial charge >= 0.3 is 0 Å². The largest absolute Gasteiger partial charge is 0.494 e. The second-order valence-electron chi connectivity index (χ2n) is 7.35. The lowest BCUT2D eigenvalue weighted by Crippen LogP contribution is -2.50. The van der Waals surface area contributed by atoms with Gasteiger partial charge in [0.15, 0.2) is 0 Å². The summed E-state index contributed by atoms with van der Waals surface area (Å²) in [6.07, 6.45) is 2.78. The number of piperazine rings is 1. The smallest absolute Gasteiger partial charge is 0.234 e. The van der Waals surface area contributed by atoms with Crippen molar-refractivity contribution in [3.05, 3.63) is 54.9 Å². The van der Waals surface area contributed by atoms with Crippen LogP contribution in [-0.4, -0.2) is 66.9 Å². The fourth-order valence-electron chi connectivity index (χ4n) is 3.65. The molecule has 2 aromatic carbocycles. The molecule has 1 aromatic heterocycles. The van der Waals surface area contributed by atoms with Gasteiger partial charge < -0.3 is 19.9 Å². The third-order valence-corrected chi connectivity index (χ3v) is 5.16. The maximum atomic E-state index is 11.5. The molecular formula is C23H25N3O4. The number of hydrogen-bond donors (Lipinski definition) is 2. The van der Waals surface area contributed by atoms with E-state index in [0.717, 1.165) is 34.2 Å². The fourth-order valence-corrected chi connectivity index (χ4v) is 3.65. The highest BCUT2D eigenvalue weighted by Crippen LogP contribution is 2.32. The first-order chi connectivity index (χ1) is 14.6. The first-order valence-electron chi connectivity index (χ1n) is 9.94. The molecule has 1 amide bonds. The van der Waals surface area contributed by atoms with Gasteiger partial charge in [0.05, 0.1) is 19.9 Å². The summed E-state index contributed by atoms with van der Waals surface area (Å²) in [5.41, 5.74) is 2.00. The predicted molar refractivity (Wildman–Crippen MR) is 115 cm³/mol. The van der Waals surface area contributed by atoms with Gasteiger partial charge in [-0.2, -0.15) is 0 Å². The van der Waals surface area contributed by atoms with Crippen molar-refractivity contribution >= 4 is 16.7 Å². The third-order valence-electron chi connectivity index (χ3n) is 5.16. The summed E-state index contributed by atoms with van der Waals surface area (Å²) >= 11 is 0. The fraction of sp³-hybridized carbons (Fsp3) is 0.304. The molecule has 1 saturated heterocycles. The summed E-state index contributed by atoms with van der Waals surface area (Å²) in [5, 5.41) is 15.2. The van der Waals surface area contributed by atoms with Crippen LogP contribution in [0.2, 0.25) is 0 Å². The molecule has 0 spiro atoms. The van der Waals surface area contributed by atoms with Gasteiger partial charge in [-0.1, -0.05) is 18.2 Å². The van der Waals surface area contributed by atoms with E-state index < -0.39 is 6.10 Å². The average Bonchev–Trinajstić information content (AvgIpc) is 2.77. The number of methoxy groups -OCH3 is 1. The molecule has 1 aliphatic heterocycles. The summed E-state index contributed by atoms with van der Waals surface area (Å²) in [4.78, 5) is 17.5. The first kappa shape index (κ1) is 20.1. The molecule has 0 bridgehead atoms. The lowest BCUT2D eigenvalue weighted by atomic mass is 10.0. The molecule has 3 aromatic rings. The van der Waals surface area contributed by atoms with Crippen molar-refractivity contribution in [2.24, 2.45) is 0 Å². The number of nitrogens with one attached hydrogen (secondary N) is 1. The van der Waals surface area contributed by atoms with Crippen LogP contribution in [0.3, 0.4) is 0 Å². The Bertz CT molecular complexity index is 1040. The van der Waals surface area contributed by atoms with E-state index in [0.29, 0.717) is 25.4 Å². The lowest BCUT2D eigenvalue weighted by Gasteiger charge is -2.28. The van der Waals surface area contributed by atoms with Crippen LogP contribution < -0.4 is 14.8 Å². The molecule has 1 unspecified atom stereocenters. The van der Waals surface area contributed by atoms with Crippen molar-refractivity contribution in [1.29, 1.82) is 0 Å². The van der Waals surface area contributed by atoms with Crippen LogP contribution in [0, 0.1) is 0 Å². The quantitative estimate of drug-likeness (QED) is 0.624. The summed E-state index contributed by atoms with van der Waals surface area (Å²) in [5.74, 6) is 1.40. The normalized spacial score (nSPS) is 15.6. The van der Waals surface area contributed by atoms with E-state index >= 15 is 0 Å². The van der Waals surface area contributed by atoms with Crippen molar-refractivity contribution in [2.75, 3.05) is 39.9 Å². The van der Waals surface area contributed by atoms with Crippen LogP contribution >= 0.6 is 0 Å². The van der Waals surface area contributed by atoms with E-state index in [1.54, 1.807) is 19.5 Å². The molecule has 7 nitrogen and oxygen atoms in total. The van der Waals surface area contributed by atoms with Crippen LogP contribution in [0.4, 0.5) is 0 Å². The molecule has 2 N–H and O–H groups in total. The monoisotopic (exact) mass is 407 g/mol. The second kappa shape index (κ2) is 9.11. The molecule has 1 fully saturated rings. The molecule has 7 heteroatoms. The van der Waals surface area contributed by atoms with Gasteiger partial charge in [0.25, 0.3) is 0 Å². The van der Waals surface area contributed by atoms with Crippen LogP contribution in [0.25, 0.3) is 21.9 Å². The topological polar surface area (TPSA) is 83.9 Å². The van der Waals surface area contributed by atoms with Crippen molar-refractivity contribution < 1.29 is 19.4 Å². The number of fused-ring (bicyclic) bond motifs is 1. The number of nitrogens with zero attached hydrogens (tertiary/aromatic N) is 2. The highest BCUT2D eigenvalue weighted by atomic mass is 16.5. The number of hydrogen-bond acceptors (Lipinski definition) is 6. The second-order valence-corrected chi connectivity index (χ2v) is 7.35. The Labute approximate surface area is 175 Å². The lowest BCUT2D eigenvalue weighted by molar-refractivity contribution is -0.124. The Morgan fingerprint density at radius 1 is 1.20 bits per heavy atom. The Balaban J connectivity index is 1.45. The van der Waals surface area contributed by atoms with E-state index in [9.17, 15) is 9.90 Å². The molecule has 0 radical (unpaired) electrons. The van der Waals surface area contributed by atoms with E-state index in [1.807, 2.05) is 29.2 Å². The number of amides is 1. The SMILES string of the molecule is COc1cnccc1-c1ccc2ccc(OCC(O)CN3CCNC(=O)C3)cc2c1. The van der Waals surface area contributed by atoms with Crippen LogP contribution in [0.1, 0.15) is 0 Å². The highest BCUT2D eigenvalue weighted by Gasteiger charge is 2.19. The maximum Gasteiger partial charge on any atom is 0.234 e. The molecule has 2 heterocycles. The van der Waals surface area contributed by atoms with Crippen molar-refractivity contribution in [2.45, 2.75) is 6.10 Å². The summed E-state index contributed by atoms with van der Waals surface area (Å²) < 4.78 is 11.2. The zero-order valence-electron chi connectivity index (χ0n) is 16.9. The number of benzene rings is 2. The van der Waals surface area contributed by atoms with Gasteiger partial charge in [-0.05, 0) is 40.6 Å². The number of aromatic nitrogens is 1. The van der Waals surface area contributed by atoms with Crippen LogP contribution in [-0.2, 0) is 4.79 Å². The van der Waals surface area contributed by atoms with E-state index in [1.165, 1.54) is 0 Å². The van der Waals surface area contributed by atoms with Crippen LogP contribution in [0.15, 0.2) is 54.9 Å². The summed E-state index contributed by atoms with van der Waals surface area (Å²) in [6.45, 7) is 2.24. The van der Waals surface area contributed by atoms with E-state index in [4.69, 9.17) is 9.47 Å². The molecule has 0 saturated carbocycles. The number of carbonyl (C=O) groups excluding carboxylic acids is 1. The van der Waals surface area contributed by atoms with Crippen molar-refractivity contribution in [1.82, 2.24) is 15.2 Å².